The Kier molecular flexibility index (Phi) is 4.73. The molecule has 0 radical (unpaired) electrons. The van der Waals surface area contributed by atoms with E-state index in [0.717, 1.165) is 38.8 Å². The number of amides is 1. The SMILES string of the molecule is COCc1nc(CN2CCCC2CN(C(C)=O)C2CC2)no1. The van der Waals surface area contributed by atoms with Gasteiger partial charge in [-0.05, 0) is 32.2 Å². The van der Waals surface area contributed by atoms with E-state index in [4.69, 9.17) is 9.26 Å². The van der Waals surface area contributed by atoms with E-state index in [1.807, 2.05) is 4.90 Å². The average molecular weight is 308 g/mol. The van der Waals surface area contributed by atoms with Crippen molar-refractivity contribution in [2.24, 2.45) is 0 Å². The zero-order valence-corrected chi connectivity index (χ0v) is 13.3. The highest BCUT2D eigenvalue weighted by atomic mass is 16.5. The highest BCUT2D eigenvalue weighted by molar-refractivity contribution is 5.74. The lowest BCUT2D eigenvalue weighted by Crippen LogP contribution is -2.43. The molecule has 1 aromatic rings. The first-order valence-corrected chi connectivity index (χ1v) is 7.99. The van der Waals surface area contributed by atoms with Crippen molar-refractivity contribution in [3.8, 4) is 0 Å². The van der Waals surface area contributed by atoms with Crippen molar-refractivity contribution in [1.29, 1.82) is 0 Å². The molecule has 2 fully saturated rings. The molecule has 0 spiro atoms. The fourth-order valence-electron chi connectivity index (χ4n) is 3.18. The molecule has 1 aliphatic heterocycles. The number of carbonyl (C=O) groups excluding carboxylic acids is 1. The van der Waals surface area contributed by atoms with Crippen LogP contribution in [0.3, 0.4) is 0 Å². The van der Waals surface area contributed by atoms with Crippen LogP contribution in [0, 0.1) is 0 Å². The van der Waals surface area contributed by atoms with E-state index in [0.29, 0.717) is 37.0 Å². The van der Waals surface area contributed by atoms with E-state index in [1.54, 1.807) is 14.0 Å². The molecular formula is C15H24N4O3. The summed E-state index contributed by atoms with van der Waals surface area (Å²) in [5.41, 5.74) is 0. The van der Waals surface area contributed by atoms with Crippen LogP contribution in [0.15, 0.2) is 4.52 Å². The maximum atomic E-state index is 11.8. The van der Waals surface area contributed by atoms with Crippen LogP contribution >= 0.6 is 0 Å². The van der Waals surface area contributed by atoms with E-state index in [9.17, 15) is 4.79 Å². The average Bonchev–Trinajstić information content (AvgIpc) is 3.07. The highest BCUT2D eigenvalue weighted by Gasteiger charge is 2.35. The van der Waals surface area contributed by atoms with Gasteiger partial charge in [-0.1, -0.05) is 5.16 Å². The van der Waals surface area contributed by atoms with Crippen molar-refractivity contribution in [3.63, 3.8) is 0 Å². The fraction of sp³-hybridized carbons (Fsp3) is 0.800. The standard InChI is InChI=1S/C15H24N4O3/c1-11(20)19(12-5-6-12)8-13-4-3-7-18(13)9-14-16-15(10-21-2)22-17-14/h12-13H,3-10H2,1-2H3. The summed E-state index contributed by atoms with van der Waals surface area (Å²) in [6.45, 7) is 4.54. The first kappa shape index (κ1) is 15.4. The van der Waals surface area contributed by atoms with Gasteiger partial charge in [-0.15, -0.1) is 0 Å². The number of hydrogen-bond acceptors (Lipinski definition) is 6. The van der Waals surface area contributed by atoms with Gasteiger partial charge in [0.15, 0.2) is 5.82 Å². The van der Waals surface area contributed by atoms with Gasteiger partial charge in [0.2, 0.25) is 5.91 Å². The highest BCUT2D eigenvalue weighted by Crippen LogP contribution is 2.29. The van der Waals surface area contributed by atoms with Crippen molar-refractivity contribution in [1.82, 2.24) is 19.9 Å². The molecule has 2 aliphatic rings. The normalized spacial score (nSPS) is 22.2. The Morgan fingerprint density at radius 3 is 2.95 bits per heavy atom. The number of methoxy groups -OCH3 is 1. The Bertz CT molecular complexity index is 515. The molecule has 1 aliphatic carbocycles. The first-order chi connectivity index (χ1) is 10.7. The quantitative estimate of drug-likeness (QED) is 0.753. The van der Waals surface area contributed by atoms with Gasteiger partial charge in [0.1, 0.15) is 6.61 Å². The third kappa shape index (κ3) is 3.64. The Morgan fingerprint density at radius 2 is 2.27 bits per heavy atom. The first-order valence-electron chi connectivity index (χ1n) is 7.99. The number of ether oxygens (including phenoxy) is 1. The third-order valence-corrected chi connectivity index (χ3v) is 4.42. The van der Waals surface area contributed by atoms with Gasteiger partial charge in [-0.25, -0.2) is 0 Å². The molecule has 122 valence electrons. The van der Waals surface area contributed by atoms with Crippen LogP contribution < -0.4 is 0 Å². The molecule has 7 heteroatoms. The van der Waals surface area contributed by atoms with Gasteiger partial charge < -0.3 is 14.2 Å². The summed E-state index contributed by atoms with van der Waals surface area (Å²) in [6, 6.07) is 0.868. The fourth-order valence-corrected chi connectivity index (χ4v) is 3.18. The smallest absolute Gasteiger partial charge is 0.252 e. The minimum atomic E-state index is 0.191. The molecule has 0 aromatic carbocycles. The van der Waals surface area contributed by atoms with Gasteiger partial charge in [0.05, 0.1) is 6.54 Å². The summed E-state index contributed by atoms with van der Waals surface area (Å²) in [5.74, 6) is 1.40. The Labute approximate surface area is 130 Å². The van der Waals surface area contributed by atoms with Crippen LogP contribution in [0.2, 0.25) is 0 Å². The molecule has 1 aromatic heterocycles. The van der Waals surface area contributed by atoms with Crippen molar-refractivity contribution in [3.05, 3.63) is 11.7 Å². The van der Waals surface area contributed by atoms with Crippen molar-refractivity contribution >= 4 is 5.91 Å². The molecule has 7 nitrogen and oxygen atoms in total. The van der Waals surface area contributed by atoms with Gasteiger partial charge in [0, 0.05) is 32.7 Å². The number of aromatic nitrogens is 2. The summed E-state index contributed by atoms with van der Waals surface area (Å²) >= 11 is 0. The molecule has 1 atom stereocenters. The Balaban J connectivity index is 1.58. The van der Waals surface area contributed by atoms with Gasteiger partial charge in [-0.3, -0.25) is 9.69 Å². The summed E-state index contributed by atoms with van der Waals surface area (Å²) in [6.07, 6.45) is 4.58. The zero-order chi connectivity index (χ0) is 15.5. The van der Waals surface area contributed by atoms with Crippen LogP contribution in [0.25, 0.3) is 0 Å². The second-order valence-corrected chi connectivity index (χ2v) is 6.21. The van der Waals surface area contributed by atoms with Crippen LogP contribution in [0.5, 0.6) is 0 Å². The molecule has 22 heavy (non-hydrogen) atoms. The summed E-state index contributed by atoms with van der Waals surface area (Å²) in [4.78, 5) is 20.5. The van der Waals surface area contributed by atoms with Crippen molar-refractivity contribution in [2.45, 2.75) is 57.8 Å². The number of hydrogen-bond donors (Lipinski definition) is 0. The topological polar surface area (TPSA) is 71.7 Å². The van der Waals surface area contributed by atoms with E-state index >= 15 is 0 Å². The number of rotatable bonds is 7. The molecule has 1 unspecified atom stereocenters. The molecule has 0 bridgehead atoms. The molecule has 1 saturated carbocycles. The Morgan fingerprint density at radius 1 is 1.45 bits per heavy atom. The van der Waals surface area contributed by atoms with Crippen molar-refractivity contribution < 1.29 is 14.1 Å². The van der Waals surface area contributed by atoms with Crippen LogP contribution in [0.1, 0.15) is 44.3 Å². The minimum absolute atomic E-state index is 0.191. The predicted octanol–water partition coefficient (Wildman–Crippen LogP) is 1.19. The zero-order valence-electron chi connectivity index (χ0n) is 13.3. The lowest BCUT2D eigenvalue weighted by atomic mass is 10.2. The summed E-state index contributed by atoms with van der Waals surface area (Å²) in [5, 5.41) is 4.01. The molecule has 0 N–H and O–H groups in total. The third-order valence-electron chi connectivity index (χ3n) is 4.42. The second kappa shape index (κ2) is 6.75. The maximum Gasteiger partial charge on any atom is 0.252 e. The molecule has 1 saturated heterocycles. The van der Waals surface area contributed by atoms with E-state index in [1.165, 1.54) is 0 Å². The van der Waals surface area contributed by atoms with Crippen LogP contribution in [0.4, 0.5) is 0 Å². The van der Waals surface area contributed by atoms with E-state index in [2.05, 4.69) is 15.0 Å². The predicted molar refractivity (Wildman–Crippen MR) is 78.9 cm³/mol. The maximum absolute atomic E-state index is 11.8. The summed E-state index contributed by atoms with van der Waals surface area (Å²) in [7, 11) is 1.61. The number of likely N-dealkylation sites (tertiary alicyclic amines) is 1. The monoisotopic (exact) mass is 308 g/mol. The molecular weight excluding hydrogens is 284 g/mol. The van der Waals surface area contributed by atoms with Gasteiger partial charge in [0.25, 0.3) is 5.89 Å². The van der Waals surface area contributed by atoms with Crippen LogP contribution in [-0.2, 0) is 22.7 Å². The molecule has 3 rings (SSSR count). The van der Waals surface area contributed by atoms with E-state index < -0.39 is 0 Å². The minimum Gasteiger partial charge on any atom is -0.375 e. The largest absolute Gasteiger partial charge is 0.375 e. The lowest BCUT2D eigenvalue weighted by molar-refractivity contribution is -0.130. The second-order valence-electron chi connectivity index (χ2n) is 6.21. The van der Waals surface area contributed by atoms with Crippen LogP contribution in [-0.4, -0.2) is 58.1 Å². The molecule has 1 amide bonds. The van der Waals surface area contributed by atoms with Crippen molar-refractivity contribution in [2.75, 3.05) is 20.2 Å². The summed E-state index contributed by atoms with van der Waals surface area (Å²) < 4.78 is 10.1. The Hall–Kier alpha value is -1.47. The van der Waals surface area contributed by atoms with Gasteiger partial charge in [-0.2, -0.15) is 4.98 Å². The van der Waals surface area contributed by atoms with E-state index in [-0.39, 0.29) is 5.91 Å². The number of nitrogens with zero attached hydrogens (tertiary/aromatic N) is 4. The molecule has 2 heterocycles. The number of carbonyl (C=O) groups is 1. The van der Waals surface area contributed by atoms with Gasteiger partial charge >= 0.3 is 0 Å². The lowest BCUT2D eigenvalue weighted by Gasteiger charge is -2.29.